The van der Waals surface area contributed by atoms with E-state index in [9.17, 15) is 4.79 Å². The van der Waals surface area contributed by atoms with Crippen LogP contribution in [0.4, 0.5) is 5.69 Å². The number of anilines is 1. The highest BCUT2D eigenvalue weighted by Gasteiger charge is 2.11. The van der Waals surface area contributed by atoms with Crippen molar-refractivity contribution in [2.75, 3.05) is 19.5 Å². The van der Waals surface area contributed by atoms with Crippen molar-refractivity contribution in [2.24, 2.45) is 0 Å². The topological polar surface area (TPSA) is 61.5 Å². The zero-order valence-corrected chi connectivity index (χ0v) is 9.66. The second kappa shape index (κ2) is 6.12. The Morgan fingerprint density at radius 1 is 1.44 bits per heavy atom. The molecule has 0 amide bonds. The van der Waals surface area contributed by atoms with E-state index in [1.807, 2.05) is 13.0 Å². The Balaban J connectivity index is 2.84. The molecule has 0 fully saturated rings. The van der Waals surface area contributed by atoms with Gasteiger partial charge < -0.3 is 15.2 Å². The first kappa shape index (κ1) is 12.5. The second-order valence-corrected chi connectivity index (χ2v) is 3.49. The number of carbonyl (C=O) groups is 1. The Labute approximate surface area is 95.3 Å². The normalized spacial score (nSPS) is 10.1. The molecule has 2 N–H and O–H groups in total. The molecular weight excluding hydrogens is 206 g/mol. The number of methoxy groups -OCH3 is 1. The van der Waals surface area contributed by atoms with E-state index in [4.69, 9.17) is 15.2 Å². The molecule has 0 saturated heterocycles. The minimum Gasteiger partial charge on any atom is -0.462 e. The van der Waals surface area contributed by atoms with Crippen molar-refractivity contribution in [1.29, 1.82) is 0 Å². The van der Waals surface area contributed by atoms with E-state index in [0.717, 1.165) is 12.0 Å². The highest BCUT2D eigenvalue weighted by Crippen LogP contribution is 2.16. The molecule has 1 rings (SSSR count). The lowest BCUT2D eigenvalue weighted by molar-refractivity contribution is 0.0506. The molecule has 16 heavy (non-hydrogen) atoms. The molecule has 1 aromatic carbocycles. The van der Waals surface area contributed by atoms with Crippen molar-refractivity contribution >= 4 is 11.7 Å². The van der Waals surface area contributed by atoms with E-state index in [0.29, 0.717) is 24.5 Å². The number of carbonyl (C=O) groups excluding carboxylic acids is 1. The van der Waals surface area contributed by atoms with Crippen molar-refractivity contribution in [1.82, 2.24) is 0 Å². The minimum absolute atomic E-state index is 0.377. The summed E-state index contributed by atoms with van der Waals surface area (Å²) in [6.45, 7) is 2.80. The van der Waals surface area contributed by atoms with Crippen LogP contribution in [0.1, 0.15) is 29.3 Å². The van der Waals surface area contributed by atoms with Crippen LogP contribution < -0.4 is 5.73 Å². The van der Waals surface area contributed by atoms with Crippen LogP contribution in [0.25, 0.3) is 0 Å². The van der Waals surface area contributed by atoms with Crippen LogP contribution >= 0.6 is 0 Å². The zero-order chi connectivity index (χ0) is 12.0. The van der Waals surface area contributed by atoms with Gasteiger partial charge in [-0.25, -0.2) is 4.79 Å². The summed E-state index contributed by atoms with van der Waals surface area (Å²) in [4.78, 5) is 11.6. The van der Waals surface area contributed by atoms with Crippen molar-refractivity contribution < 1.29 is 14.3 Å². The van der Waals surface area contributed by atoms with Crippen LogP contribution in [0.3, 0.4) is 0 Å². The van der Waals surface area contributed by atoms with E-state index in [2.05, 4.69) is 0 Å². The van der Waals surface area contributed by atoms with Gasteiger partial charge in [-0.3, -0.25) is 0 Å². The van der Waals surface area contributed by atoms with Crippen LogP contribution in [0, 0.1) is 0 Å². The molecule has 0 unspecified atom stereocenters. The minimum atomic E-state index is -0.377. The van der Waals surface area contributed by atoms with Crippen molar-refractivity contribution in [3.63, 3.8) is 0 Å². The third-order valence-corrected chi connectivity index (χ3v) is 2.09. The van der Waals surface area contributed by atoms with Gasteiger partial charge in [-0.2, -0.15) is 0 Å². The molecule has 0 aliphatic rings. The van der Waals surface area contributed by atoms with E-state index < -0.39 is 0 Å². The van der Waals surface area contributed by atoms with Crippen LogP contribution in [-0.4, -0.2) is 19.7 Å². The quantitative estimate of drug-likeness (QED) is 0.612. The molecule has 0 saturated carbocycles. The number of hydrogen-bond donors (Lipinski definition) is 1. The molecule has 88 valence electrons. The van der Waals surface area contributed by atoms with Crippen LogP contribution in [0.5, 0.6) is 0 Å². The fraction of sp³-hybridized carbons (Fsp3) is 0.417. The van der Waals surface area contributed by atoms with Gasteiger partial charge in [0.1, 0.15) is 0 Å². The van der Waals surface area contributed by atoms with Gasteiger partial charge in [-0.15, -0.1) is 0 Å². The van der Waals surface area contributed by atoms with E-state index in [1.54, 1.807) is 19.2 Å². The number of ether oxygens (including phenoxy) is 2. The molecule has 0 bridgehead atoms. The Kier molecular flexibility index (Phi) is 4.79. The third kappa shape index (κ3) is 3.24. The molecule has 0 atom stereocenters. The summed E-state index contributed by atoms with van der Waals surface area (Å²) < 4.78 is 10.0. The summed E-state index contributed by atoms with van der Waals surface area (Å²) in [5.41, 5.74) is 7.46. The smallest absolute Gasteiger partial charge is 0.340 e. The fourth-order valence-electron chi connectivity index (χ4n) is 1.31. The highest BCUT2D eigenvalue weighted by atomic mass is 16.5. The van der Waals surface area contributed by atoms with Gasteiger partial charge in [0.2, 0.25) is 0 Å². The van der Waals surface area contributed by atoms with Gasteiger partial charge in [0, 0.05) is 12.8 Å². The predicted octanol–water partition coefficient (Wildman–Crippen LogP) is 1.98. The predicted molar refractivity (Wildman–Crippen MR) is 62.1 cm³/mol. The van der Waals surface area contributed by atoms with Crippen LogP contribution in [-0.2, 0) is 16.1 Å². The lowest BCUT2D eigenvalue weighted by atomic mass is 10.1. The molecule has 4 heteroatoms. The van der Waals surface area contributed by atoms with E-state index in [-0.39, 0.29) is 5.97 Å². The summed E-state index contributed by atoms with van der Waals surface area (Å²) >= 11 is 0. The Hall–Kier alpha value is -1.55. The van der Waals surface area contributed by atoms with Crippen LogP contribution in [0.2, 0.25) is 0 Å². The monoisotopic (exact) mass is 223 g/mol. The first-order chi connectivity index (χ1) is 7.69. The Morgan fingerprint density at radius 2 is 2.19 bits per heavy atom. The van der Waals surface area contributed by atoms with Crippen molar-refractivity contribution in [2.45, 2.75) is 20.0 Å². The Morgan fingerprint density at radius 3 is 2.81 bits per heavy atom. The lowest BCUT2D eigenvalue weighted by Gasteiger charge is -2.08. The average molecular weight is 223 g/mol. The van der Waals surface area contributed by atoms with Crippen LogP contribution in [0.15, 0.2) is 18.2 Å². The fourth-order valence-corrected chi connectivity index (χ4v) is 1.31. The van der Waals surface area contributed by atoms with Gasteiger partial charge >= 0.3 is 5.97 Å². The summed E-state index contributed by atoms with van der Waals surface area (Å²) in [7, 11) is 1.60. The van der Waals surface area contributed by atoms with Gasteiger partial charge in [0.25, 0.3) is 0 Å². The first-order valence-corrected chi connectivity index (χ1v) is 5.23. The van der Waals surface area contributed by atoms with Gasteiger partial charge in [0.05, 0.1) is 18.8 Å². The van der Waals surface area contributed by atoms with Gasteiger partial charge in [-0.05, 0) is 24.1 Å². The van der Waals surface area contributed by atoms with Crippen molar-refractivity contribution in [3.05, 3.63) is 29.3 Å². The van der Waals surface area contributed by atoms with E-state index >= 15 is 0 Å². The zero-order valence-electron chi connectivity index (χ0n) is 9.66. The number of benzene rings is 1. The molecule has 0 aliphatic heterocycles. The molecular formula is C12H17NO3. The first-order valence-electron chi connectivity index (χ1n) is 5.23. The molecule has 0 aromatic heterocycles. The maximum absolute atomic E-state index is 11.6. The summed E-state index contributed by atoms with van der Waals surface area (Å²) in [6.07, 6.45) is 0.795. The maximum Gasteiger partial charge on any atom is 0.340 e. The highest BCUT2D eigenvalue weighted by molar-refractivity contribution is 5.95. The lowest BCUT2D eigenvalue weighted by Crippen LogP contribution is -2.09. The number of nitrogen functional groups attached to an aromatic ring is 1. The number of rotatable bonds is 5. The van der Waals surface area contributed by atoms with Crippen molar-refractivity contribution in [3.8, 4) is 0 Å². The SMILES string of the molecule is CCCOC(=O)c1cc(COC)ccc1N. The molecule has 0 aliphatic carbocycles. The number of esters is 1. The number of nitrogens with two attached hydrogens (primary N) is 1. The molecule has 0 heterocycles. The summed E-state index contributed by atoms with van der Waals surface area (Å²) in [6, 6.07) is 5.23. The summed E-state index contributed by atoms with van der Waals surface area (Å²) in [5, 5.41) is 0. The summed E-state index contributed by atoms with van der Waals surface area (Å²) in [5.74, 6) is -0.377. The molecule has 0 spiro atoms. The molecule has 0 radical (unpaired) electrons. The second-order valence-electron chi connectivity index (χ2n) is 3.49. The third-order valence-electron chi connectivity index (χ3n) is 2.09. The van der Waals surface area contributed by atoms with Gasteiger partial charge in [0.15, 0.2) is 0 Å². The number of hydrogen-bond acceptors (Lipinski definition) is 4. The maximum atomic E-state index is 11.6. The van der Waals surface area contributed by atoms with E-state index in [1.165, 1.54) is 0 Å². The largest absolute Gasteiger partial charge is 0.462 e. The van der Waals surface area contributed by atoms with Gasteiger partial charge in [-0.1, -0.05) is 13.0 Å². The average Bonchev–Trinajstić information content (AvgIpc) is 2.29. The Bertz CT molecular complexity index is 363. The molecule has 4 nitrogen and oxygen atoms in total. The standard InChI is InChI=1S/C12H17NO3/c1-3-6-16-12(14)10-7-9(8-15-2)4-5-11(10)13/h4-5,7H,3,6,8,13H2,1-2H3. The molecule has 1 aromatic rings.